The van der Waals surface area contributed by atoms with E-state index in [0.717, 1.165) is 0 Å². The number of benzene rings is 1. The van der Waals surface area contributed by atoms with Gasteiger partial charge >= 0.3 is 0 Å². The summed E-state index contributed by atoms with van der Waals surface area (Å²) < 4.78 is 5.27. The van der Waals surface area contributed by atoms with Gasteiger partial charge in [-0.2, -0.15) is 0 Å². The Morgan fingerprint density at radius 3 is 2.85 bits per heavy atom. The summed E-state index contributed by atoms with van der Waals surface area (Å²) in [4.78, 5) is 0. The van der Waals surface area contributed by atoms with E-state index in [1.54, 1.807) is 7.11 Å². The van der Waals surface area contributed by atoms with Crippen molar-refractivity contribution in [2.24, 2.45) is 0 Å². The molecule has 0 fully saturated rings. The minimum Gasteiger partial charge on any atom is -0.426 e. The normalized spacial score (nSPS) is 19.0. The van der Waals surface area contributed by atoms with Crippen molar-refractivity contribution < 1.29 is 4.43 Å². The molecule has 1 aromatic carbocycles. The van der Waals surface area contributed by atoms with E-state index in [-0.39, 0.29) is 29.6 Å². The Hall–Kier alpha value is 0.137. The SMILES string of the molecule is CO[SiH2]C1C=Cc2ccccc21.[Na]. The van der Waals surface area contributed by atoms with Crippen molar-refractivity contribution in [2.45, 2.75) is 5.54 Å². The first-order valence-electron chi connectivity index (χ1n) is 4.18. The first-order chi connectivity index (χ1) is 5.92. The number of hydrogen-bond acceptors (Lipinski definition) is 1. The van der Waals surface area contributed by atoms with Crippen LogP contribution < -0.4 is 0 Å². The zero-order valence-corrected chi connectivity index (χ0v) is 11.6. The largest absolute Gasteiger partial charge is 0.426 e. The van der Waals surface area contributed by atoms with Crippen LogP contribution in [0.15, 0.2) is 30.3 Å². The molecule has 1 nitrogen and oxygen atoms in total. The van der Waals surface area contributed by atoms with E-state index in [1.165, 1.54) is 11.1 Å². The molecular formula is C10H12NaOSi. The van der Waals surface area contributed by atoms with E-state index in [4.69, 9.17) is 4.43 Å². The van der Waals surface area contributed by atoms with E-state index in [9.17, 15) is 0 Å². The Morgan fingerprint density at radius 1 is 1.31 bits per heavy atom. The molecule has 1 radical (unpaired) electrons. The second-order valence-electron chi connectivity index (χ2n) is 3.05. The van der Waals surface area contributed by atoms with Crippen molar-refractivity contribution in [1.82, 2.24) is 0 Å². The van der Waals surface area contributed by atoms with Crippen molar-refractivity contribution in [3.8, 4) is 0 Å². The summed E-state index contributed by atoms with van der Waals surface area (Å²) in [5.74, 6) is 0. The van der Waals surface area contributed by atoms with Crippen molar-refractivity contribution in [2.75, 3.05) is 7.11 Å². The van der Waals surface area contributed by atoms with Crippen LogP contribution in [0.25, 0.3) is 6.08 Å². The first-order valence-corrected chi connectivity index (χ1v) is 5.57. The molecule has 63 valence electrons. The summed E-state index contributed by atoms with van der Waals surface area (Å²) in [6.45, 7) is 0. The molecule has 0 heterocycles. The Morgan fingerprint density at radius 2 is 2.08 bits per heavy atom. The molecule has 1 atom stereocenters. The van der Waals surface area contributed by atoms with Crippen LogP contribution in [0.3, 0.4) is 0 Å². The average molecular weight is 199 g/mol. The third kappa shape index (κ3) is 2.33. The molecule has 0 aromatic heterocycles. The van der Waals surface area contributed by atoms with Gasteiger partial charge in [0.15, 0.2) is 9.76 Å². The Labute approximate surface area is 103 Å². The second-order valence-corrected chi connectivity index (χ2v) is 4.84. The molecule has 0 spiro atoms. The zero-order valence-electron chi connectivity index (χ0n) is 8.16. The van der Waals surface area contributed by atoms with Crippen molar-refractivity contribution >= 4 is 45.4 Å². The molecule has 1 aliphatic carbocycles. The van der Waals surface area contributed by atoms with Crippen LogP contribution in [0.2, 0.25) is 0 Å². The maximum Gasteiger partial charge on any atom is 0.172 e. The van der Waals surface area contributed by atoms with Crippen LogP contribution in [0.4, 0.5) is 0 Å². The predicted molar refractivity (Wildman–Crippen MR) is 59.5 cm³/mol. The van der Waals surface area contributed by atoms with Crippen LogP contribution in [0.1, 0.15) is 16.7 Å². The smallest absolute Gasteiger partial charge is 0.172 e. The van der Waals surface area contributed by atoms with Crippen molar-refractivity contribution in [3.05, 3.63) is 41.5 Å². The fraction of sp³-hybridized carbons (Fsp3) is 0.200. The number of rotatable bonds is 2. The fourth-order valence-corrected chi connectivity index (χ4v) is 2.81. The zero-order chi connectivity index (χ0) is 8.39. The standard InChI is InChI=1S/C10H12OSi.Na/c1-11-12-10-7-6-8-4-2-3-5-9(8)10;/h2-7,10H,12H2,1H3;. The summed E-state index contributed by atoms with van der Waals surface area (Å²) in [7, 11) is 1.41. The maximum absolute atomic E-state index is 5.27. The van der Waals surface area contributed by atoms with Crippen LogP contribution in [0.5, 0.6) is 0 Å². The molecular weight excluding hydrogens is 187 g/mol. The third-order valence-electron chi connectivity index (χ3n) is 2.25. The van der Waals surface area contributed by atoms with Crippen LogP contribution in [-0.4, -0.2) is 46.4 Å². The van der Waals surface area contributed by atoms with E-state index >= 15 is 0 Å². The quantitative estimate of drug-likeness (QED) is 0.648. The van der Waals surface area contributed by atoms with Gasteiger partial charge in [0, 0.05) is 42.2 Å². The molecule has 0 saturated carbocycles. The monoisotopic (exact) mass is 199 g/mol. The number of allylic oxidation sites excluding steroid dienone is 1. The fourth-order valence-electron chi connectivity index (χ4n) is 1.65. The molecule has 0 bridgehead atoms. The maximum atomic E-state index is 5.27. The van der Waals surface area contributed by atoms with Crippen LogP contribution >= 0.6 is 0 Å². The minimum atomic E-state index is -0.397. The molecule has 1 unspecified atom stereocenters. The molecule has 0 aliphatic heterocycles. The molecule has 2 rings (SSSR count). The van der Waals surface area contributed by atoms with E-state index < -0.39 is 9.76 Å². The number of fused-ring (bicyclic) bond motifs is 1. The van der Waals surface area contributed by atoms with Crippen LogP contribution in [0, 0.1) is 0 Å². The van der Waals surface area contributed by atoms with Gasteiger partial charge in [0.2, 0.25) is 0 Å². The van der Waals surface area contributed by atoms with E-state index in [2.05, 4.69) is 36.4 Å². The molecule has 1 aliphatic rings. The summed E-state index contributed by atoms with van der Waals surface area (Å²) in [5.41, 5.74) is 3.42. The molecule has 13 heavy (non-hydrogen) atoms. The van der Waals surface area contributed by atoms with Gasteiger partial charge in [-0.1, -0.05) is 36.4 Å². The number of hydrogen-bond donors (Lipinski definition) is 0. The molecule has 0 saturated heterocycles. The Balaban J connectivity index is 0.000000845. The Kier molecular flexibility index (Phi) is 4.42. The summed E-state index contributed by atoms with van der Waals surface area (Å²) in [6, 6.07) is 8.55. The molecule has 3 heteroatoms. The van der Waals surface area contributed by atoms with Gasteiger partial charge in [-0.05, 0) is 11.1 Å². The van der Waals surface area contributed by atoms with Gasteiger partial charge in [0.05, 0.1) is 0 Å². The topological polar surface area (TPSA) is 9.23 Å². The van der Waals surface area contributed by atoms with Gasteiger partial charge in [0.25, 0.3) is 0 Å². The van der Waals surface area contributed by atoms with Crippen molar-refractivity contribution in [1.29, 1.82) is 0 Å². The van der Waals surface area contributed by atoms with Gasteiger partial charge < -0.3 is 4.43 Å². The first kappa shape index (κ1) is 11.2. The summed E-state index contributed by atoms with van der Waals surface area (Å²) in [6.07, 6.45) is 4.46. The van der Waals surface area contributed by atoms with Gasteiger partial charge in [-0.15, -0.1) is 0 Å². The summed E-state index contributed by atoms with van der Waals surface area (Å²) >= 11 is 0. The molecule has 0 N–H and O–H groups in total. The molecule has 0 amide bonds. The van der Waals surface area contributed by atoms with E-state index in [1.807, 2.05) is 0 Å². The van der Waals surface area contributed by atoms with E-state index in [0.29, 0.717) is 5.54 Å². The van der Waals surface area contributed by atoms with Crippen LogP contribution in [-0.2, 0) is 4.43 Å². The third-order valence-corrected chi connectivity index (χ3v) is 3.65. The van der Waals surface area contributed by atoms with Gasteiger partial charge in [-0.25, -0.2) is 0 Å². The van der Waals surface area contributed by atoms with Gasteiger partial charge in [0.1, 0.15) is 0 Å². The Bertz CT molecular complexity index is 312. The summed E-state index contributed by atoms with van der Waals surface area (Å²) in [5, 5.41) is 0. The van der Waals surface area contributed by atoms with Crippen molar-refractivity contribution in [3.63, 3.8) is 0 Å². The average Bonchev–Trinajstić information content (AvgIpc) is 2.50. The van der Waals surface area contributed by atoms with Gasteiger partial charge in [-0.3, -0.25) is 0 Å². The predicted octanol–water partition coefficient (Wildman–Crippen LogP) is 1.10. The molecule has 1 aromatic rings. The minimum absolute atomic E-state index is 0. The second kappa shape index (κ2) is 5.13.